The van der Waals surface area contributed by atoms with Gasteiger partial charge in [-0.15, -0.1) is 0 Å². The van der Waals surface area contributed by atoms with Crippen molar-refractivity contribution in [3.63, 3.8) is 0 Å². The second-order valence-corrected chi connectivity index (χ2v) is 2.76. The number of rotatable bonds is 3. The highest BCUT2D eigenvalue weighted by Crippen LogP contribution is 2.10. The minimum atomic E-state index is -0.587. The molecule has 3 nitrogen and oxygen atoms in total. The molecule has 1 aromatic carbocycles. The Morgan fingerprint density at radius 1 is 1.38 bits per heavy atom. The van der Waals surface area contributed by atoms with Crippen molar-refractivity contribution in [1.29, 1.82) is 0 Å². The molecule has 1 rings (SSSR count). The van der Waals surface area contributed by atoms with Gasteiger partial charge in [-0.2, -0.15) is 0 Å². The maximum absolute atomic E-state index is 10.7. The van der Waals surface area contributed by atoms with Crippen LogP contribution >= 0.6 is 0 Å². The summed E-state index contributed by atoms with van der Waals surface area (Å²) in [7, 11) is 0. The van der Waals surface area contributed by atoms with Gasteiger partial charge in [0.05, 0.1) is 6.04 Å². The molecule has 1 atom stereocenters. The van der Waals surface area contributed by atoms with E-state index >= 15 is 0 Å². The van der Waals surface area contributed by atoms with Crippen LogP contribution in [0, 0.1) is 0 Å². The SMILES string of the molecule is CC(NC(=O)C=O)c1ccccc1. The summed E-state index contributed by atoms with van der Waals surface area (Å²) in [4.78, 5) is 20.8. The predicted molar refractivity (Wildman–Crippen MR) is 49.1 cm³/mol. The third kappa shape index (κ3) is 2.71. The molecule has 0 saturated heterocycles. The normalized spacial score (nSPS) is 11.8. The summed E-state index contributed by atoms with van der Waals surface area (Å²) < 4.78 is 0. The molecular formula is C10H11NO2. The van der Waals surface area contributed by atoms with Crippen LogP contribution in [0.2, 0.25) is 0 Å². The first kappa shape index (κ1) is 9.45. The van der Waals surface area contributed by atoms with Crippen molar-refractivity contribution in [2.75, 3.05) is 0 Å². The number of benzene rings is 1. The summed E-state index contributed by atoms with van der Waals surface area (Å²) in [5.74, 6) is -0.587. The largest absolute Gasteiger partial charge is 0.343 e. The third-order valence-electron chi connectivity index (χ3n) is 1.77. The fraction of sp³-hybridized carbons (Fsp3) is 0.200. The molecule has 68 valence electrons. The topological polar surface area (TPSA) is 46.2 Å². The molecule has 1 N–H and O–H groups in total. The summed E-state index contributed by atoms with van der Waals surface area (Å²) in [6.07, 6.45) is 0.277. The fourth-order valence-corrected chi connectivity index (χ4v) is 1.07. The van der Waals surface area contributed by atoms with Crippen LogP contribution < -0.4 is 5.32 Å². The standard InChI is InChI=1S/C10H11NO2/c1-8(11-10(13)7-12)9-5-3-2-4-6-9/h2-8H,1H3,(H,11,13). The molecule has 0 spiro atoms. The Labute approximate surface area is 76.8 Å². The van der Waals surface area contributed by atoms with Crippen LogP contribution in [0.15, 0.2) is 30.3 Å². The van der Waals surface area contributed by atoms with E-state index in [2.05, 4.69) is 5.32 Å². The van der Waals surface area contributed by atoms with Gasteiger partial charge in [-0.05, 0) is 12.5 Å². The molecule has 1 amide bonds. The van der Waals surface area contributed by atoms with Crippen molar-refractivity contribution < 1.29 is 9.59 Å². The maximum atomic E-state index is 10.7. The molecule has 1 aromatic rings. The Morgan fingerprint density at radius 3 is 2.54 bits per heavy atom. The first-order valence-corrected chi connectivity index (χ1v) is 4.04. The number of hydrogen-bond acceptors (Lipinski definition) is 2. The van der Waals surface area contributed by atoms with Gasteiger partial charge in [0, 0.05) is 0 Å². The van der Waals surface area contributed by atoms with Gasteiger partial charge in [0.2, 0.25) is 6.29 Å². The molecular weight excluding hydrogens is 166 g/mol. The van der Waals surface area contributed by atoms with Gasteiger partial charge in [-0.3, -0.25) is 9.59 Å². The minimum absolute atomic E-state index is 0.126. The predicted octanol–water partition coefficient (Wildman–Crippen LogP) is 1.06. The van der Waals surface area contributed by atoms with E-state index in [9.17, 15) is 9.59 Å². The van der Waals surface area contributed by atoms with E-state index in [-0.39, 0.29) is 12.3 Å². The third-order valence-corrected chi connectivity index (χ3v) is 1.77. The van der Waals surface area contributed by atoms with E-state index < -0.39 is 5.91 Å². The van der Waals surface area contributed by atoms with E-state index in [4.69, 9.17) is 0 Å². The van der Waals surface area contributed by atoms with Gasteiger partial charge in [-0.25, -0.2) is 0 Å². The summed E-state index contributed by atoms with van der Waals surface area (Å²) in [5.41, 5.74) is 0.984. The second kappa shape index (κ2) is 4.40. The van der Waals surface area contributed by atoms with Gasteiger partial charge in [0.15, 0.2) is 0 Å². The zero-order chi connectivity index (χ0) is 9.68. The number of carbonyl (C=O) groups excluding carboxylic acids is 2. The molecule has 3 heteroatoms. The minimum Gasteiger partial charge on any atom is -0.343 e. The van der Waals surface area contributed by atoms with Crippen molar-refractivity contribution >= 4 is 12.2 Å². The van der Waals surface area contributed by atoms with Crippen LogP contribution in [-0.4, -0.2) is 12.2 Å². The quantitative estimate of drug-likeness (QED) is 0.554. The van der Waals surface area contributed by atoms with Gasteiger partial charge >= 0.3 is 0 Å². The molecule has 0 aliphatic heterocycles. The van der Waals surface area contributed by atoms with Gasteiger partial charge in [-0.1, -0.05) is 30.3 Å². The molecule has 0 aliphatic rings. The van der Waals surface area contributed by atoms with E-state index in [1.807, 2.05) is 37.3 Å². The highest BCUT2D eigenvalue weighted by atomic mass is 16.2. The molecule has 0 fully saturated rings. The number of amides is 1. The summed E-state index contributed by atoms with van der Waals surface area (Å²) >= 11 is 0. The lowest BCUT2D eigenvalue weighted by atomic mass is 10.1. The smallest absolute Gasteiger partial charge is 0.284 e. The van der Waals surface area contributed by atoms with Crippen LogP contribution in [0.4, 0.5) is 0 Å². The van der Waals surface area contributed by atoms with Crippen molar-refractivity contribution in [2.24, 2.45) is 0 Å². The highest BCUT2D eigenvalue weighted by Gasteiger charge is 2.06. The summed E-state index contributed by atoms with van der Waals surface area (Å²) in [6, 6.07) is 9.35. The molecule has 0 saturated carbocycles. The van der Waals surface area contributed by atoms with Crippen LogP contribution in [0.1, 0.15) is 18.5 Å². The zero-order valence-electron chi connectivity index (χ0n) is 7.36. The van der Waals surface area contributed by atoms with Gasteiger partial charge in [0.25, 0.3) is 5.91 Å². The molecule has 0 heterocycles. The van der Waals surface area contributed by atoms with Gasteiger partial charge in [0.1, 0.15) is 0 Å². The second-order valence-electron chi connectivity index (χ2n) is 2.76. The van der Waals surface area contributed by atoms with Crippen molar-refractivity contribution in [2.45, 2.75) is 13.0 Å². The van der Waals surface area contributed by atoms with Crippen LogP contribution in [-0.2, 0) is 9.59 Å². The monoisotopic (exact) mass is 177 g/mol. The van der Waals surface area contributed by atoms with Crippen LogP contribution in [0.25, 0.3) is 0 Å². The highest BCUT2D eigenvalue weighted by molar-refractivity contribution is 6.23. The summed E-state index contributed by atoms with van der Waals surface area (Å²) in [6.45, 7) is 1.83. The van der Waals surface area contributed by atoms with Crippen molar-refractivity contribution in [3.8, 4) is 0 Å². The first-order valence-electron chi connectivity index (χ1n) is 4.04. The number of aldehydes is 1. The first-order chi connectivity index (χ1) is 6.24. The number of carbonyl (C=O) groups is 2. The van der Waals surface area contributed by atoms with E-state index in [0.717, 1.165) is 5.56 Å². The zero-order valence-corrected chi connectivity index (χ0v) is 7.36. The number of hydrogen-bond donors (Lipinski definition) is 1. The average Bonchev–Trinajstić information content (AvgIpc) is 2.19. The fourth-order valence-electron chi connectivity index (χ4n) is 1.07. The molecule has 13 heavy (non-hydrogen) atoms. The molecule has 0 aromatic heterocycles. The molecule has 0 aliphatic carbocycles. The number of nitrogens with one attached hydrogen (secondary N) is 1. The van der Waals surface area contributed by atoms with Crippen molar-refractivity contribution in [3.05, 3.63) is 35.9 Å². The lowest BCUT2D eigenvalue weighted by molar-refractivity contribution is -0.131. The molecule has 1 unspecified atom stereocenters. The summed E-state index contributed by atoms with van der Waals surface area (Å²) in [5, 5.41) is 2.54. The average molecular weight is 177 g/mol. The van der Waals surface area contributed by atoms with E-state index in [1.54, 1.807) is 0 Å². The van der Waals surface area contributed by atoms with Crippen molar-refractivity contribution in [1.82, 2.24) is 5.32 Å². The molecule has 0 radical (unpaired) electrons. The van der Waals surface area contributed by atoms with Crippen LogP contribution in [0.5, 0.6) is 0 Å². The lowest BCUT2D eigenvalue weighted by Crippen LogP contribution is -2.27. The van der Waals surface area contributed by atoms with E-state index in [0.29, 0.717) is 0 Å². The molecule has 0 bridgehead atoms. The Kier molecular flexibility index (Phi) is 3.20. The Bertz CT molecular complexity index is 295. The lowest BCUT2D eigenvalue weighted by Gasteiger charge is -2.11. The van der Waals surface area contributed by atoms with Crippen LogP contribution in [0.3, 0.4) is 0 Å². The Balaban J connectivity index is 2.63. The maximum Gasteiger partial charge on any atom is 0.284 e. The van der Waals surface area contributed by atoms with E-state index in [1.165, 1.54) is 0 Å². The Hall–Kier alpha value is -1.64. The Morgan fingerprint density at radius 2 is 2.00 bits per heavy atom. The van der Waals surface area contributed by atoms with Gasteiger partial charge < -0.3 is 5.32 Å².